The first kappa shape index (κ1) is 16.7. The molecule has 0 aliphatic heterocycles. The lowest BCUT2D eigenvalue weighted by atomic mass is 10.3. The summed E-state index contributed by atoms with van der Waals surface area (Å²) in [6.45, 7) is 5.07. The second-order valence-corrected chi connectivity index (χ2v) is 7.87. The summed E-state index contributed by atoms with van der Waals surface area (Å²) >= 11 is 4.69. The number of furan rings is 1. The van der Waals surface area contributed by atoms with E-state index in [0.29, 0.717) is 12.3 Å². The van der Waals surface area contributed by atoms with E-state index < -0.39 is 10.0 Å². The Kier molecular flexibility index (Phi) is 5.61. The molecule has 2 heterocycles. The molecular formula is C13H17BrN2O3S2. The van der Waals surface area contributed by atoms with Gasteiger partial charge in [-0.3, -0.25) is 0 Å². The minimum absolute atomic E-state index is 0.124. The predicted molar refractivity (Wildman–Crippen MR) is 86.8 cm³/mol. The molecule has 0 saturated heterocycles. The van der Waals surface area contributed by atoms with Crippen LogP contribution in [0.2, 0.25) is 0 Å². The van der Waals surface area contributed by atoms with Crippen LogP contribution >= 0.6 is 27.3 Å². The molecular weight excluding hydrogens is 376 g/mol. The number of sulfonamides is 1. The van der Waals surface area contributed by atoms with Gasteiger partial charge >= 0.3 is 0 Å². The minimum atomic E-state index is -3.63. The maximum atomic E-state index is 12.4. The van der Waals surface area contributed by atoms with Gasteiger partial charge in [0, 0.05) is 10.9 Å². The highest BCUT2D eigenvalue weighted by molar-refractivity contribution is 9.10. The van der Waals surface area contributed by atoms with Crippen LogP contribution in [0, 0.1) is 0 Å². The number of thiophene rings is 1. The van der Waals surface area contributed by atoms with Crippen LogP contribution in [0.15, 0.2) is 37.6 Å². The summed E-state index contributed by atoms with van der Waals surface area (Å²) in [6.07, 6.45) is 0. The first-order chi connectivity index (χ1) is 9.94. The van der Waals surface area contributed by atoms with Gasteiger partial charge in [-0.05, 0) is 40.8 Å². The Morgan fingerprint density at radius 2 is 2.24 bits per heavy atom. The lowest BCUT2D eigenvalue weighted by molar-refractivity contribution is 0.464. The average molecular weight is 393 g/mol. The van der Waals surface area contributed by atoms with E-state index in [1.807, 2.05) is 31.4 Å². The molecule has 0 aliphatic carbocycles. The Bertz CT molecular complexity index is 680. The Balaban J connectivity index is 2.17. The number of hydrogen-bond donors (Lipinski definition) is 2. The molecule has 0 aliphatic rings. The maximum absolute atomic E-state index is 12.4. The maximum Gasteiger partial charge on any atom is 0.245 e. The van der Waals surface area contributed by atoms with E-state index in [-0.39, 0.29) is 15.6 Å². The van der Waals surface area contributed by atoms with Crippen molar-refractivity contribution in [2.24, 2.45) is 0 Å². The van der Waals surface area contributed by atoms with Crippen molar-refractivity contribution in [2.75, 3.05) is 6.54 Å². The Morgan fingerprint density at radius 1 is 1.48 bits per heavy atom. The molecule has 8 heteroatoms. The van der Waals surface area contributed by atoms with Gasteiger partial charge in [0.1, 0.15) is 10.7 Å². The van der Waals surface area contributed by atoms with Gasteiger partial charge in [0.25, 0.3) is 0 Å². The molecule has 1 atom stereocenters. The van der Waals surface area contributed by atoms with E-state index in [9.17, 15) is 8.42 Å². The van der Waals surface area contributed by atoms with E-state index in [1.54, 1.807) is 0 Å². The van der Waals surface area contributed by atoms with Crippen molar-refractivity contribution >= 4 is 37.3 Å². The van der Waals surface area contributed by atoms with Crippen molar-refractivity contribution in [1.82, 2.24) is 10.0 Å². The van der Waals surface area contributed by atoms with Crippen LogP contribution in [0.4, 0.5) is 0 Å². The Hall–Kier alpha value is -0.670. The quantitative estimate of drug-likeness (QED) is 0.758. The molecule has 0 amide bonds. The number of rotatable bonds is 7. The molecule has 5 nitrogen and oxygen atoms in total. The van der Waals surface area contributed by atoms with Gasteiger partial charge in [0.15, 0.2) is 4.67 Å². The van der Waals surface area contributed by atoms with E-state index in [0.717, 1.165) is 11.4 Å². The first-order valence-corrected chi connectivity index (χ1v) is 9.64. The van der Waals surface area contributed by atoms with Crippen LogP contribution in [0.5, 0.6) is 0 Å². The summed E-state index contributed by atoms with van der Waals surface area (Å²) < 4.78 is 33.2. The molecule has 0 saturated carbocycles. The van der Waals surface area contributed by atoms with Crippen LogP contribution in [-0.2, 0) is 16.6 Å². The number of halogens is 1. The van der Waals surface area contributed by atoms with E-state index in [1.165, 1.54) is 17.4 Å². The van der Waals surface area contributed by atoms with Gasteiger partial charge in [0.05, 0.1) is 12.6 Å². The lowest BCUT2D eigenvalue weighted by Crippen LogP contribution is -2.26. The van der Waals surface area contributed by atoms with Crippen molar-refractivity contribution in [3.05, 3.63) is 38.9 Å². The van der Waals surface area contributed by atoms with E-state index >= 15 is 0 Å². The van der Waals surface area contributed by atoms with E-state index in [2.05, 4.69) is 26.0 Å². The highest BCUT2D eigenvalue weighted by Gasteiger charge is 2.25. The molecule has 0 radical (unpaired) electrons. The highest BCUT2D eigenvalue weighted by Crippen LogP contribution is 2.28. The monoisotopic (exact) mass is 392 g/mol. The van der Waals surface area contributed by atoms with Crippen molar-refractivity contribution in [3.8, 4) is 0 Å². The van der Waals surface area contributed by atoms with Crippen LogP contribution in [0.1, 0.15) is 30.5 Å². The molecule has 2 aromatic heterocycles. The zero-order chi connectivity index (χ0) is 15.5. The third-order valence-corrected chi connectivity index (χ3v) is 6.30. The number of hydrogen-bond acceptors (Lipinski definition) is 5. The Labute approximate surface area is 136 Å². The molecule has 116 valence electrons. The summed E-state index contributed by atoms with van der Waals surface area (Å²) in [5.41, 5.74) is 0. The fourth-order valence-electron chi connectivity index (χ4n) is 1.81. The molecule has 0 aromatic carbocycles. The molecule has 0 fully saturated rings. The normalized spacial score (nSPS) is 13.5. The first-order valence-electron chi connectivity index (χ1n) is 6.48. The average Bonchev–Trinajstić information content (AvgIpc) is 3.05. The summed E-state index contributed by atoms with van der Waals surface area (Å²) in [6, 6.07) is 5.05. The second-order valence-electron chi connectivity index (χ2n) is 4.49. The third kappa shape index (κ3) is 4.17. The topological polar surface area (TPSA) is 71.3 Å². The van der Waals surface area contributed by atoms with Crippen LogP contribution in [0.25, 0.3) is 0 Å². The SMILES string of the molecule is CCNCc1cc(S(=O)(=O)NC(C)c2cccs2)c(Br)o1. The molecule has 1 unspecified atom stereocenters. The van der Waals surface area contributed by atoms with Crippen molar-refractivity contribution in [3.63, 3.8) is 0 Å². The van der Waals surface area contributed by atoms with Gasteiger partial charge in [0.2, 0.25) is 10.0 Å². The molecule has 0 bridgehead atoms. The van der Waals surface area contributed by atoms with Gasteiger partial charge in [-0.1, -0.05) is 13.0 Å². The molecule has 2 rings (SSSR count). The van der Waals surface area contributed by atoms with Crippen molar-refractivity contribution in [1.29, 1.82) is 0 Å². The summed E-state index contributed by atoms with van der Waals surface area (Å²) in [5.74, 6) is 0.577. The standard InChI is InChI=1S/C13H17BrN2O3S2/c1-3-15-8-10-7-12(13(14)19-10)21(17,18)16-9(2)11-5-4-6-20-11/h4-7,9,15-16H,3,8H2,1-2H3. The van der Waals surface area contributed by atoms with Gasteiger partial charge in [-0.25, -0.2) is 13.1 Å². The molecule has 21 heavy (non-hydrogen) atoms. The van der Waals surface area contributed by atoms with Crippen molar-refractivity contribution in [2.45, 2.75) is 31.3 Å². The van der Waals surface area contributed by atoms with Crippen LogP contribution < -0.4 is 10.0 Å². The predicted octanol–water partition coefficient (Wildman–Crippen LogP) is 3.25. The van der Waals surface area contributed by atoms with E-state index in [4.69, 9.17) is 4.42 Å². The molecule has 2 N–H and O–H groups in total. The summed E-state index contributed by atoms with van der Waals surface area (Å²) in [5, 5.41) is 5.01. The fourth-order valence-corrected chi connectivity index (χ4v) is 4.84. The van der Waals surface area contributed by atoms with Crippen LogP contribution in [-0.4, -0.2) is 15.0 Å². The second kappa shape index (κ2) is 7.06. The van der Waals surface area contributed by atoms with Crippen molar-refractivity contribution < 1.29 is 12.8 Å². The smallest absolute Gasteiger partial charge is 0.245 e. The van der Waals surface area contributed by atoms with Gasteiger partial charge in [-0.15, -0.1) is 11.3 Å². The largest absolute Gasteiger partial charge is 0.452 e. The summed E-state index contributed by atoms with van der Waals surface area (Å²) in [7, 11) is -3.63. The van der Waals surface area contributed by atoms with Gasteiger partial charge in [-0.2, -0.15) is 0 Å². The zero-order valence-corrected chi connectivity index (χ0v) is 14.9. The Morgan fingerprint density at radius 3 is 2.86 bits per heavy atom. The fraction of sp³-hybridized carbons (Fsp3) is 0.385. The molecule has 2 aromatic rings. The minimum Gasteiger partial charge on any atom is -0.452 e. The summed E-state index contributed by atoms with van der Waals surface area (Å²) in [4.78, 5) is 1.09. The highest BCUT2D eigenvalue weighted by atomic mass is 79.9. The van der Waals surface area contributed by atoms with Crippen LogP contribution in [0.3, 0.4) is 0 Å². The number of nitrogens with one attached hydrogen (secondary N) is 2. The molecule has 0 spiro atoms. The van der Waals surface area contributed by atoms with Gasteiger partial charge < -0.3 is 9.73 Å². The third-order valence-electron chi connectivity index (χ3n) is 2.85. The zero-order valence-electron chi connectivity index (χ0n) is 11.7. The lowest BCUT2D eigenvalue weighted by Gasteiger charge is -2.11.